The first-order chi connectivity index (χ1) is 7.99. The number of benzene rings is 1. The molecule has 0 radical (unpaired) electrons. The van der Waals surface area contributed by atoms with Crippen LogP contribution in [-0.2, 0) is 16.3 Å². The maximum Gasteiger partial charge on any atom is 0.160 e. The number of rotatable bonds is 3. The van der Waals surface area contributed by atoms with Crippen molar-refractivity contribution in [2.24, 2.45) is 5.73 Å². The highest BCUT2D eigenvalue weighted by atomic mass is 32.2. The second-order valence-corrected chi connectivity index (χ2v) is 6.51. The molecule has 0 saturated carbocycles. The molecular formula is C12H17NO3S. The average Bonchev–Trinajstić information content (AvgIpc) is 2.27. The third-order valence-corrected chi connectivity index (χ3v) is 5.46. The summed E-state index contributed by atoms with van der Waals surface area (Å²) in [6.07, 6.45) is 0.805. The lowest BCUT2D eigenvalue weighted by Crippen LogP contribution is -2.50. The van der Waals surface area contributed by atoms with Crippen LogP contribution < -0.4 is 10.5 Å². The van der Waals surface area contributed by atoms with Gasteiger partial charge in [-0.25, -0.2) is 8.42 Å². The second-order valence-electron chi connectivity index (χ2n) is 4.34. The van der Waals surface area contributed by atoms with Crippen molar-refractivity contribution in [3.63, 3.8) is 0 Å². The van der Waals surface area contributed by atoms with Gasteiger partial charge < -0.3 is 10.5 Å². The number of ether oxygens (including phenoxy) is 1. The third kappa shape index (κ3) is 2.05. The van der Waals surface area contributed by atoms with E-state index in [0.717, 1.165) is 23.3 Å². The summed E-state index contributed by atoms with van der Waals surface area (Å²) in [6.45, 7) is 2.01. The quantitative estimate of drug-likeness (QED) is 0.876. The minimum Gasteiger partial charge on any atom is -0.496 e. The van der Waals surface area contributed by atoms with Crippen LogP contribution in [0.3, 0.4) is 0 Å². The van der Waals surface area contributed by atoms with E-state index in [4.69, 9.17) is 10.5 Å². The summed E-state index contributed by atoms with van der Waals surface area (Å²) in [6, 6.07) is 5.21. The first-order valence-corrected chi connectivity index (χ1v) is 7.35. The van der Waals surface area contributed by atoms with E-state index in [9.17, 15) is 8.42 Å². The second kappa shape index (κ2) is 4.31. The van der Waals surface area contributed by atoms with Crippen molar-refractivity contribution in [2.45, 2.75) is 24.6 Å². The minimum absolute atomic E-state index is 0.0884. The van der Waals surface area contributed by atoms with E-state index in [1.807, 2.05) is 19.1 Å². The van der Waals surface area contributed by atoms with Crippen molar-refractivity contribution >= 4 is 9.84 Å². The van der Waals surface area contributed by atoms with Crippen LogP contribution in [0.1, 0.15) is 23.3 Å². The molecule has 94 valence electrons. The Bertz CT molecular complexity index is 525. The molecule has 2 rings (SSSR count). The maximum atomic E-state index is 11.7. The zero-order valence-corrected chi connectivity index (χ0v) is 10.8. The van der Waals surface area contributed by atoms with Gasteiger partial charge in [0.1, 0.15) is 11.0 Å². The zero-order chi connectivity index (χ0) is 12.6. The maximum absolute atomic E-state index is 11.7. The van der Waals surface area contributed by atoms with Crippen LogP contribution in [0.25, 0.3) is 0 Å². The van der Waals surface area contributed by atoms with Crippen LogP contribution in [0.5, 0.6) is 5.75 Å². The lowest BCUT2D eigenvalue weighted by molar-refractivity contribution is 0.409. The normalized spacial score (nSPS) is 26.3. The molecule has 0 amide bonds. The van der Waals surface area contributed by atoms with Crippen molar-refractivity contribution in [1.29, 1.82) is 0 Å². The summed E-state index contributed by atoms with van der Waals surface area (Å²) in [7, 11) is -1.42. The highest BCUT2D eigenvalue weighted by Crippen LogP contribution is 2.37. The van der Waals surface area contributed by atoms with Crippen molar-refractivity contribution in [3.8, 4) is 5.75 Å². The molecule has 1 heterocycles. The van der Waals surface area contributed by atoms with Crippen molar-refractivity contribution in [3.05, 3.63) is 29.3 Å². The molecule has 2 unspecified atom stereocenters. The van der Waals surface area contributed by atoms with Gasteiger partial charge in [-0.3, -0.25) is 0 Å². The van der Waals surface area contributed by atoms with E-state index in [0.29, 0.717) is 0 Å². The third-order valence-electron chi connectivity index (χ3n) is 3.21. The van der Waals surface area contributed by atoms with Crippen LogP contribution in [0, 0.1) is 0 Å². The molecule has 2 atom stereocenters. The number of nitrogens with two attached hydrogens (primary N) is 1. The molecule has 0 spiro atoms. The van der Waals surface area contributed by atoms with Crippen LogP contribution in [0.2, 0.25) is 0 Å². The predicted molar refractivity (Wildman–Crippen MR) is 66.9 cm³/mol. The van der Waals surface area contributed by atoms with Crippen molar-refractivity contribution in [1.82, 2.24) is 0 Å². The molecule has 0 aliphatic carbocycles. The number of sulfone groups is 1. The number of methoxy groups -OCH3 is 1. The topological polar surface area (TPSA) is 69.4 Å². The average molecular weight is 255 g/mol. The molecule has 1 aliphatic heterocycles. The van der Waals surface area contributed by atoms with E-state index in [2.05, 4.69) is 0 Å². The largest absolute Gasteiger partial charge is 0.496 e. The fourth-order valence-electron chi connectivity index (χ4n) is 2.31. The van der Waals surface area contributed by atoms with E-state index in [1.165, 1.54) is 0 Å². The lowest BCUT2D eigenvalue weighted by Gasteiger charge is -2.33. The molecule has 0 bridgehead atoms. The Morgan fingerprint density at radius 1 is 1.47 bits per heavy atom. The monoisotopic (exact) mass is 255 g/mol. The molecule has 5 heteroatoms. The van der Waals surface area contributed by atoms with Gasteiger partial charge in [0.25, 0.3) is 0 Å². The van der Waals surface area contributed by atoms with Crippen LogP contribution >= 0.6 is 0 Å². The van der Waals surface area contributed by atoms with E-state index in [1.54, 1.807) is 13.2 Å². The predicted octanol–water partition coefficient (Wildman–Crippen LogP) is 1.05. The summed E-state index contributed by atoms with van der Waals surface area (Å²) >= 11 is 0. The number of hydrogen-bond donors (Lipinski definition) is 1. The molecule has 1 aromatic carbocycles. The van der Waals surface area contributed by atoms with Gasteiger partial charge in [-0.05, 0) is 23.6 Å². The minimum atomic E-state index is -3.03. The summed E-state index contributed by atoms with van der Waals surface area (Å²) in [5, 5.41) is -0.543. The molecule has 1 saturated heterocycles. The van der Waals surface area contributed by atoms with E-state index in [-0.39, 0.29) is 11.8 Å². The van der Waals surface area contributed by atoms with E-state index < -0.39 is 15.1 Å². The lowest BCUT2D eigenvalue weighted by atomic mass is 10.0. The summed E-state index contributed by atoms with van der Waals surface area (Å²) in [5.74, 6) is 0.882. The van der Waals surface area contributed by atoms with Gasteiger partial charge >= 0.3 is 0 Å². The molecule has 1 fully saturated rings. The molecule has 0 aromatic heterocycles. The Morgan fingerprint density at radius 2 is 2.18 bits per heavy atom. The molecule has 2 N–H and O–H groups in total. The van der Waals surface area contributed by atoms with Gasteiger partial charge in [-0.2, -0.15) is 0 Å². The van der Waals surface area contributed by atoms with Gasteiger partial charge in [0.05, 0.1) is 12.9 Å². The molecular weight excluding hydrogens is 238 g/mol. The van der Waals surface area contributed by atoms with Gasteiger partial charge in [0.2, 0.25) is 0 Å². The molecule has 4 nitrogen and oxygen atoms in total. The Balaban J connectivity index is 2.40. The molecule has 17 heavy (non-hydrogen) atoms. The molecule has 1 aliphatic rings. The highest BCUT2D eigenvalue weighted by Gasteiger charge is 2.44. The first-order valence-electron chi connectivity index (χ1n) is 5.63. The zero-order valence-electron chi connectivity index (χ0n) is 10.0. The summed E-state index contributed by atoms with van der Waals surface area (Å²) in [4.78, 5) is 0. The van der Waals surface area contributed by atoms with Gasteiger partial charge in [0, 0.05) is 6.04 Å². The summed E-state index contributed by atoms with van der Waals surface area (Å²) in [5.41, 5.74) is 7.57. The van der Waals surface area contributed by atoms with Crippen LogP contribution in [0.4, 0.5) is 0 Å². The highest BCUT2D eigenvalue weighted by molar-refractivity contribution is 7.93. The summed E-state index contributed by atoms with van der Waals surface area (Å²) < 4.78 is 28.6. The van der Waals surface area contributed by atoms with Gasteiger partial charge in [-0.1, -0.05) is 19.1 Å². The van der Waals surface area contributed by atoms with E-state index >= 15 is 0 Å². The Kier molecular flexibility index (Phi) is 3.14. The fourth-order valence-corrected chi connectivity index (χ4v) is 4.08. The Labute approximate surface area is 102 Å². The van der Waals surface area contributed by atoms with Crippen LogP contribution in [0.15, 0.2) is 18.2 Å². The molecule has 1 aromatic rings. The first kappa shape index (κ1) is 12.4. The van der Waals surface area contributed by atoms with Crippen molar-refractivity contribution < 1.29 is 13.2 Å². The smallest absolute Gasteiger partial charge is 0.160 e. The van der Waals surface area contributed by atoms with Gasteiger partial charge in [0.15, 0.2) is 9.84 Å². The van der Waals surface area contributed by atoms with Gasteiger partial charge in [-0.15, -0.1) is 0 Å². The Morgan fingerprint density at radius 3 is 2.65 bits per heavy atom. The Hall–Kier alpha value is -1.07. The SMILES string of the molecule is CCc1cc(C2C(N)CS2(=O)=O)ccc1OC. The van der Waals surface area contributed by atoms with Crippen molar-refractivity contribution in [2.75, 3.05) is 12.9 Å². The standard InChI is InChI=1S/C12H17NO3S/c1-3-8-6-9(4-5-11(8)16-2)12-10(13)7-17(12,14)15/h4-6,10,12H,3,7,13H2,1-2H3. The van der Waals surface area contributed by atoms with Crippen LogP contribution in [-0.4, -0.2) is 27.3 Å². The number of aryl methyl sites for hydroxylation is 1. The fraction of sp³-hybridized carbons (Fsp3) is 0.500. The number of hydrogen-bond acceptors (Lipinski definition) is 4.